The number of allylic oxidation sites excluding steroid dienone is 1. The molecule has 3 aliphatic heterocycles. The zero-order valence-electron chi connectivity index (χ0n) is 16.0. The first kappa shape index (κ1) is 17.6. The second-order valence-electron chi connectivity index (χ2n) is 9.17. The third-order valence-corrected chi connectivity index (χ3v) is 7.84. The predicted octanol–water partition coefficient (Wildman–Crippen LogP) is 1.14. The van der Waals surface area contributed by atoms with Crippen molar-refractivity contribution < 1.29 is 34.0 Å². The Labute approximate surface area is 157 Å². The predicted molar refractivity (Wildman–Crippen MR) is 91.6 cm³/mol. The van der Waals surface area contributed by atoms with E-state index in [1.165, 1.54) is 7.11 Å². The Hall–Kier alpha value is -1.44. The second-order valence-corrected chi connectivity index (χ2v) is 9.17. The Kier molecular flexibility index (Phi) is 3.35. The fraction of sp³-hybridized carbons (Fsp3) is 0.800. The van der Waals surface area contributed by atoms with Crippen molar-refractivity contribution in [1.82, 2.24) is 0 Å². The Morgan fingerprint density at radius 3 is 2.56 bits per heavy atom. The average molecular weight is 378 g/mol. The standard InChI is InChI=1S/C20H26O7/c1-7-5-8(2)14(22)12-18(24)27-19-6-9(3)16-15(23)10(19)17(25-4)11(13(7)21)20(12,19)26-16/h7-11,15-17,22-23H,5-6H2,1-4H3/b14-12-/t7-,8+,9+,10?,11?,15+,16-,17?,19+,20-/m0/s1. The van der Waals surface area contributed by atoms with Gasteiger partial charge in [0, 0.05) is 18.9 Å². The SMILES string of the molecule is COC1C2C(=O)[C@@H](C)C[C@@H](C)/C(O)=C3\C(=O)O[C@@]45C[C@@H](C)[C@H](O[C@]324)[C@H](O)C15. The summed E-state index contributed by atoms with van der Waals surface area (Å²) in [6.07, 6.45) is -1.14. The lowest BCUT2D eigenvalue weighted by molar-refractivity contribution is -0.302. The number of carbonyl (C=O) groups is 2. The van der Waals surface area contributed by atoms with Gasteiger partial charge in [-0.25, -0.2) is 4.79 Å². The Balaban J connectivity index is 1.86. The van der Waals surface area contributed by atoms with Gasteiger partial charge in [-0.05, 0) is 18.8 Å². The summed E-state index contributed by atoms with van der Waals surface area (Å²) in [5.74, 6) is -2.80. The number of methoxy groups -OCH3 is 1. The summed E-state index contributed by atoms with van der Waals surface area (Å²) in [5.41, 5.74) is -2.48. The Morgan fingerprint density at radius 2 is 1.89 bits per heavy atom. The highest BCUT2D eigenvalue weighted by molar-refractivity contribution is 6.00. The fourth-order valence-corrected chi connectivity index (χ4v) is 6.91. The molecule has 0 aromatic carbocycles. The molecule has 148 valence electrons. The number of carbonyl (C=O) groups excluding carboxylic acids is 2. The van der Waals surface area contributed by atoms with Gasteiger partial charge in [0.05, 0.1) is 30.1 Å². The van der Waals surface area contributed by atoms with Gasteiger partial charge in [0.1, 0.15) is 17.1 Å². The molecule has 27 heavy (non-hydrogen) atoms. The van der Waals surface area contributed by atoms with E-state index in [1.54, 1.807) is 6.92 Å². The highest BCUT2D eigenvalue weighted by Gasteiger charge is 2.87. The number of esters is 1. The molecule has 2 spiro atoms. The van der Waals surface area contributed by atoms with Crippen LogP contribution in [0.1, 0.15) is 33.6 Å². The van der Waals surface area contributed by atoms with Crippen molar-refractivity contribution in [1.29, 1.82) is 0 Å². The summed E-state index contributed by atoms with van der Waals surface area (Å²) in [6, 6.07) is 0. The summed E-state index contributed by atoms with van der Waals surface area (Å²) in [7, 11) is 1.52. The Morgan fingerprint density at radius 1 is 1.19 bits per heavy atom. The maximum absolute atomic E-state index is 13.5. The molecule has 10 atom stereocenters. The monoisotopic (exact) mass is 378 g/mol. The van der Waals surface area contributed by atoms with Gasteiger partial charge in [-0.2, -0.15) is 0 Å². The van der Waals surface area contributed by atoms with E-state index in [-0.39, 0.29) is 34.9 Å². The topological polar surface area (TPSA) is 102 Å². The minimum Gasteiger partial charge on any atom is -0.511 e. The van der Waals surface area contributed by atoms with Crippen molar-refractivity contribution in [3.8, 4) is 0 Å². The molecule has 0 radical (unpaired) electrons. The third kappa shape index (κ3) is 1.67. The van der Waals surface area contributed by atoms with Crippen LogP contribution in [0.2, 0.25) is 0 Å². The summed E-state index contributed by atoms with van der Waals surface area (Å²) in [6.45, 7) is 5.59. The van der Waals surface area contributed by atoms with Crippen LogP contribution >= 0.6 is 0 Å². The van der Waals surface area contributed by atoms with E-state index in [2.05, 4.69) is 0 Å². The van der Waals surface area contributed by atoms with E-state index < -0.39 is 47.3 Å². The van der Waals surface area contributed by atoms with Gasteiger partial charge in [0.15, 0.2) is 11.2 Å². The lowest BCUT2D eigenvalue weighted by atomic mass is 9.59. The number of aliphatic hydroxyl groups excluding tert-OH is 2. The van der Waals surface area contributed by atoms with Crippen LogP contribution in [0.4, 0.5) is 0 Å². The van der Waals surface area contributed by atoms with Gasteiger partial charge < -0.3 is 24.4 Å². The van der Waals surface area contributed by atoms with Crippen molar-refractivity contribution in [2.24, 2.45) is 29.6 Å². The molecule has 0 amide bonds. The first-order chi connectivity index (χ1) is 12.7. The van der Waals surface area contributed by atoms with Crippen molar-refractivity contribution in [3.05, 3.63) is 11.3 Å². The molecule has 3 saturated heterocycles. The van der Waals surface area contributed by atoms with Gasteiger partial charge in [-0.3, -0.25) is 4.79 Å². The zero-order chi connectivity index (χ0) is 19.5. The summed E-state index contributed by atoms with van der Waals surface area (Å²) in [4.78, 5) is 26.5. The molecule has 6 aliphatic rings. The quantitative estimate of drug-likeness (QED) is 0.660. The van der Waals surface area contributed by atoms with Crippen molar-refractivity contribution in [2.45, 2.75) is 63.1 Å². The number of hydrogen-bond donors (Lipinski definition) is 2. The van der Waals surface area contributed by atoms with Crippen LogP contribution in [-0.2, 0) is 23.8 Å². The number of hydrogen-bond acceptors (Lipinski definition) is 7. The van der Waals surface area contributed by atoms with Gasteiger partial charge in [-0.15, -0.1) is 0 Å². The van der Waals surface area contributed by atoms with Crippen molar-refractivity contribution in [3.63, 3.8) is 0 Å². The van der Waals surface area contributed by atoms with Crippen molar-refractivity contribution >= 4 is 11.8 Å². The minimum absolute atomic E-state index is 0.0391. The minimum atomic E-state index is -1.38. The lowest BCUT2D eigenvalue weighted by Crippen LogP contribution is -2.72. The van der Waals surface area contributed by atoms with Crippen LogP contribution in [0.3, 0.4) is 0 Å². The lowest BCUT2D eigenvalue weighted by Gasteiger charge is -2.58. The van der Waals surface area contributed by atoms with Crippen LogP contribution in [0.5, 0.6) is 0 Å². The number of aliphatic hydroxyl groups is 2. The van der Waals surface area contributed by atoms with Crippen LogP contribution < -0.4 is 0 Å². The molecule has 3 aliphatic carbocycles. The van der Waals surface area contributed by atoms with Crippen LogP contribution in [-0.4, -0.2) is 58.6 Å². The van der Waals surface area contributed by atoms with Crippen LogP contribution in [0.25, 0.3) is 0 Å². The first-order valence-electron chi connectivity index (χ1n) is 9.80. The highest BCUT2D eigenvalue weighted by Crippen LogP contribution is 2.71. The molecular weight excluding hydrogens is 352 g/mol. The second kappa shape index (κ2) is 5.13. The maximum atomic E-state index is 13.5. The van der Waals surface area contributed by atoms with Gasteiger partial charge in [-0.1, -0.05) is 20.8 Å². The number of ether oxygens (including phenoxy) is 3. The molecule has 7 nitrogen and oxygen atoms in total. The molecule has 2 N–H and O–H groups in total. The number of Topliss-reactive ketones (excluding diaryl/α,β-unsaturated/α-hetero) is 1. The maximum Gasteiger partial charge on any atom is 0.341 e. The molecule has 0 aromatic rings. The van der Waals surface area contributed by atoms with Crippen LogP contribution in [0.15, 0.2) is 11.3 Å². The third-order valence-electron chi connectivity index (χ3n) is 7.84. The molecule has 0 aromatic heterocycles. The summed E-state index contributed by atoms with van der Waals surface area (Å²) >= 11 is 0. The van der Waals surface area contributed by atoms with E-state index in [0.29, 0.717) is 12.8 Å². The van der Waals surface area contributed by atoms with E-state index in [1.807, 2.05) is 13.8 Å². The Bertz CT molecular complexity index is 774. The van der Waals surface area contributed by atoms with Gasteiger partial charge >= 0.3 is 5.97 Å². The molecule has 3 unspecified atom stereocenters. The van der Waals surface area contributed by atoms with E-state index in [9.17, 15) is 19.8 Å². The normalized spacial score (nSPS) is 58.7. The van der Waals surface area contributed by atoms with E-state index in [0.717, 1.165) is 0 Å². The van der Waals surface area contributed by atoms with E-state index in [4.69, 9.17) is 14.2 Å². The highest BCUT2D eigenvalue weighted by atomic mass is 16.6. The summed E-state index contributed by atoms with van der Waals surface area (Å²) in [5, 5.41) is 22.0. The number of fused-ring (bicyclic) bond motifs is 1. The smallest absolute Gasteiger partial charge is 0.341 e. The number of rotatable bonds is 1. The molecule has 3 heterocycles. The molecule has 6 rings (SSSR count). The molecule has 2 saturated carbocycles. The van der Waals surface area contributed by atoms with Crippen LogP contribution in [0, 0.1) is 29.6 Å². The summed E-state index contributed by atoms with van der Waals surface area (Å²) < 4.78 is 18.1. The zero-order valence-corrected chi connectivity index (χ0v) is 16.0. The molecule has 5 fully saturated rings. The average Bonchev–Trinajstić information content (AvgIpc) is 2.94. The molecule has 4 bridgehead atoms. The fourth-order valence-electron chi connectivity index (χ4n) is 6.91. The number of ketones is 1. The van der Waals surface area contributed by atoms with Gasteiger partial charge in [0.2, 0.25) is 0 Å². The van der Waals surface area contributed by atoms with E-state index >= 15 is 0 Å². The molecular formula is C20H26O7. The molecule has 7 heteroatoms. The van der Waals surface area contributed by atoms with Gasteiger partial charge in [0.25, 0.3) is 0 Å². The van der Waals surface area contributed by atoms with Crippen molar-refractivity contribution in [2.75, 3.05) is 7.11 Å². The largest absolute Gasteiger partial charge is 0.511 e. The first-order valence-corrected chi connectivity index (χ1v) is 9.80.